The average molecular weight is 617 g/mol. The Kier molecular flexibility index (Phi) is 7.63. The minimum Gasteiger partial charge on any atom is -0.339 e. The molecule has 1 amide bonds. The summed E-state index contributed by atoms with van der Waals surface area (Å²) in [5.41, 5.74) is 5.42. The Hall–Kier alpha value is -4.92. The number of hydrogen-bond donors (Lipinski definition) is 1. The van der Waals surface area contributed by atoms with Gasteiger partial charge in [-0.1, -0.05) is 43.6 Å². The summed E-state index contributed by atoms with van der Waals surface area (Å²) in [5.74, 6) is 0.618. The lowest BCUT2D eigenvalue weighted by Crippen LogP contribution is -2.45. The Morgan fingerprint density at radius 2 is 1.74 bits per heavy atom. The predicted molar refractivity (Wildman–Crippen MR) is 178 cm³/mol. The first-order valence-electron chi connectivity index (χ1n) is 16.0. The number of aromatic nitrogens is 5. The highest BCUT2D eigenvalue weighted by Crippen LogP contribution is 2.40. The standard InChI is InChI=1S/C37H37FN6O2/c1-23(45)11-12-25-13-15-30-32(19-25)43(3)36(41-30)37(17-7-8-18-37)42-35(46)26-14-16-31-29(20-26)24(2)33(34-39-21-27(38)22-40-34)44(31)28-9-5-4-6-10-28/h7-8,11-16,19-22,28H,4-6,9-10,17-18H2,1-3H3,(H,42,46)/b12-11+. The van der Waals surface area contributed by atoms with Gasteiger partial charge in [0.2, 0.25) is 0 Å². The van der Waals surface area contributed by atoms with Gasteiger partial charge in [0.25, 0.3) is 5.91 Å². The Balaban J connectivity index is 1.26. The summed E-state index contributed by atoms with van der Waals surface area (Å²) in [6, 6.07) is 12.1. The van der Waals surface area contributed by atoms with Crippen molar-refractivity contribution in [1.82, 2.24) is 29.4 Å². The summed E-state index contributed by atoms with van der Waals surface area (Å²) in [6.07, 6.45) is 16.9. The lowest BCUT2D eigenvalue weighted by atomic mass is 9.94. The van der Waals surface area contributed by atoms with Crippen LogP contribution in [0.25, 0.3) is 39.5 Å². The second kappa shape index (κ2) is 11.8. The van der Waals surface area contributed by atoms with E-state index in [2.05, 4.69) is 32.0 Å². The summed E-state index contributed by atoms with van der Waals surface area (Å²) in [6.45, 7) is 3.56. The smallest absolute Gasteiger partial charge is 0.252 e. The summed E-state index contributed by atoms with van der Waals surface area (Å²) in [4.78, 5) is 39.3. The fourth-order valence-electron chi connectivity index (χ4n) is 7.28. The van der Waals surface area contributed by atoms with Gasteiger partial charge in [-0.2, -0.15) is 0 Å². The lowest BCUT2D eigenvalue weighted by Gasteiger charge is -2.30. The van der Waals surface area contributed by atoms with Crippen LogP contribution in [0.4, 0.5) is 4.39 Å². The number of amides is 1. The van der Waals surface area contributed by atoms with Gasteiger partial charge >= 0.3 is 0 Å². The first-order valence-corrected chi connectivity index (χ1v) is 16.0. The van der Waals surface area contributed by atoms with Gasteiger partial charge in [-0.3, -0.25) is 9.59 Å². The first kappa shape index (κ1) is 29.8. The van der Waals surface area contributed by atoms with Crippen LogP contribution >= 0.6 is 0 Å². The zero-order chi connectivity index (χ0) is 32.0. The molecule has 46 heavy (non-hydrogen) atoms. The van der Waals surface area contributed by atoms with E-state index in [1.165, 1.54) is 25.7 Å². The minimum absolute atomic E-state index is 0.0107. The van der Waals surface area contributed by atoms with Crippen LogP contribution in [-0.4, -0.2) is 35.8 Å². The molecule has 1 saturated carbocycles. The van der Waals surface area contributed by atoms with Crippen LogP contribution in [-0.2, 0) is 17.4 Å². The molecule has 0 aliphatic heterocycles. The van der Waals surface area contributed by atoms with E-state index in [0.29, 0.717) is 24.2 Å². The van der Waals surface area contributed by atoms with Crippen molar-refractivity contribution < 1.29 is 14.0 Å². The third kappa shape index (κ3) is 5.23. The zero-order valence-electron chi connectivity index (χ0n) is 26.4. The van der Waals surface area contributed by atoms with Gasteiger partial charge in [0.05, 0.1) is 29.1 Å². The number of nitrogens with one attached hydrogen (secondary N) is 1. The van der Waals surface area contributed by atoms with Gasteiger partial charge in [0.1, 0.15) is 11.4 Å². The third-order valence-electron chi connectivity index (χ3n) is 9.59. The fraction of sp³-hybridized carbons (Fsp3) is 0.324. The number of imidazole rings is 1. The van der Waals surface area contributed by atoms with Crippen molar-refractivity contribution in [2.75, 3.05) is 0 Å². The number of ketones is 1. The molecule has 0 spiro atoms. The molecule has 7 rings (SSSR count). The van der Waals surface area contributed by atoms with Crippen LogP contribution in [0.2, 0.25) is 0 Å². The third-order valence-corrected chi connectivity index (χ3v) is 9.59. The van der Waals surface area contributed by atoms with Crippen molar-refractivity contribution in [3.8, 4) is 11.5 Å². The number of carbonyl (C=O) groups is 2. The molecule has 0 saturated heterocycles. The Labute approximate surface area is 267 Å². The van der Waals surface area contributed by atoms with E-state index in [-0.39, 0.29) is 17.7 Å². The van der Waals surface area contributed by atoms with Crippen molar-refractivity contribution in [2.45, 2.75) is 70.4 Å². The zero-order valence-corrected chi connectivity index (χ0v) is 26.4. The van der Waals surface area contributed by atoms with Gasteiger partial charge in [0.15, 0.2) is 17.4 Å². The molecule has 5 aromatic rings. The predicted octanol–water partition coefficient (Wildman–Crippen LogP) is 7.52. The van der Waals surface area contributed by atoms with Crippen molar-refractivity contribution in [3.63, 3.8) is 0 Å². The number of fused-ring (bicyclic) bond motifs is 2. The molecule has 2 aromatic carbocycles. The van der Waals surface area contributed by atoms with Crippen LogP contribution < -0.4 is 5.32 Å². The number of allylic oxidation sites excluding steroid dienone is 1. The lowest BCUT2D eigenvalue weighted by molar-refractivity contribution is -0.112. The molecule has 234 valence electrons. The largest absolute Gasteiger partial charge is 0.339 e. The maximum absolute atomic E-state index is 14.1. The first-order chi connectivity index (χ1) is 22.2. The molecule has 1 N–H and O–H groups in total. The Morgan fingerprint density at radius 3 is 2.46 bits per heavy atom. The number of benzene rings is 2. The number of nitrogens with zero attached hydrogens (tertiary/aromatic N) is 5. The second-order valence-corrected chi connectivity index (χ2v) is 12.7. The molecule has 9 heteroatoms. The van der Waals surface area contributed by atoms with Crippen LogP contribution in [0.1, 0.15) is 85.2 Å². The maximum Gasteiger partial charge on any atom is 0.252 e. The minimum atomic E-state index is -0.703. The summed E-state index contributed by atoms with van der Waals surface area (Å²) >= 11 is 0. The molecule has 3 heterocycles. The topological polar surface area (TPSA) is 94.7 Å². The Bertz CT molecular complexity index is 2040. The Morgan fingerprint density at radius 1 is 1.00 bits per heavy atom. The molecule has 0 atom stereocenters. The summed E-state index contributed by atoms with van der Waals surface area (Å²) < 4.78 is 18.1. The molecule has 0 radical (unpaired) electrons. The van der Waals surface area contributed by atoms with Crippen molar-refractivity contribution >= 4 is 39.7 Å². The summed E-state index contributed by atoms with van der Waals surface area (Å²) in [7, 11) is 1.97. The average Bonchev–Trinajstić information content (AvgIpc) is 3.75. The normalized spacial score (nSPS) is 16.6. The highest BCUT2D eigenvalue weighted by Gasteiger charge is 2.39. The molecule has 2 aliphatic carbocycles. The van der Waals surface area contributed by atoms with Crippen LogP contribution in [0, 0.1) is 12.7 Å². The molecule has 0 bridgehead atoms. The second-order valence-electron chi connectivity index (χ2n) is 12.7. The van der Waals surface area contributed by atoms with E-state index >= 15 is 0 Å². The molecule has 0 unspecified atom stereocenters. The molecule has 1 fully saturated rings. The van der Waals surface area contributed by atoms with Crippen molar-refractivity contribution in [1.29, 1.82) is 0 Å². The van der Waals surface area contributed by atoms with Crippen molar-refractivity contribution in [2.24, 2.45) is 7.05 Å². The van der Waals surface area contributed by atoms with E-state index in [0.717, 1.165) is 70.3 Å². The van der Waals surface area contributed by atoms with Gasteiger partial charge in [-0.25, -0.2) is 19.3 Å². The van der Waals surface area contributed by atoms with E-state index in [9.17, 15) is 14.0 Å². The SMILES string of the molecule is CC(=O)/C=C/c1ccc2nc(C3(NC(=O)c4ccc5c(c4)c(C)c(-c4ncc(F)cn4)n5C4CCCCC4)CC=CC3)n(C)c2c1. The number of halogens is 1. The van der Waals surface area contributed by atoms with Crippen molar-refractivity contribution in [3.05, 3.63) is 95.4 Å². The van der Waals surface area contributed by atoms with E-state index < -0.39 is 11.4 Å². The summed E-state index contributed by atoms with van der Waals surface area (Å²) in [5, 5.41) is 4.34. The number of hydrogen-bond acceptors (Lipinski definition) is 5. The van der Waals surface area contributed by atoms with Gasteiger partial charge in [-0.15, -0.1) is 0 Å². The fourth-order valence-corrected chi connectivity index (χ4v) is 7.28. The highest BCUT2D eigenvalue weighted by atomic mass is 19.1. The molecular formula is C37H37FN6O2. The number of carbonyl (C=O) groups excluding carboxylic acids is 2. The van der Waals surface area contributed by atoms with Gasteiger partial charge in [-0.05, 0) is 87.1 Å². The molecule has 2 aliphatic rings. The monoisotopic (exact) mass is 616 g/mol. The molecular weight excluding hydrogens is 579 g/mol. The molecule has 3 aromatic heterocycles. The van der Waals surface area contributed by atoms with E-state index in [1.54, 1.807) is 12.2 Å². The van der Waals surface area contributed by atoms with Crippen LogP contribution in [0.5, 0.6) is 0 Å². The van der Waals surface area contributed by atoms with Crippen LogP contribution in [0.15, 0.2) is 67.0 Å². The van der Waals surface area contributed by atoms with Gasteiger partial charge < -0.3 is 14.5 Å². The van der Waals surface area contributed by atoms with Gasteiger partial charge in [0, 0.05) is 29.6 Å². The van der Waals surface area contributed by atoms with E-state index in [1.807, 2.05) is 54.9 Å². The number of aryl methyl sites for hydroxylation is 2. The highest BCUT2D eigenvalue weighted by molar-refractivity contribution is 6.01. The maximum atomic E-state index is 14.1. The van der Waals surface area contributed by atoms with E-state index in [4.69, 9.17) is 4.98 Å². The number of rotatable bonds is 7. The quantitative estimate of drug-likeness (QED) is 0.151. The molecule has 8 nitrogen and oxygen atoms in total. The van der Waals surface area contributed by atoms with Crippen LogP contribution in [0.3, 0.4) is 0 Å².